The predicted molar refractivity (Wildman–Crippen MR) is 79.0 cm³/mol. The molecule has 1 aromatic rings. The van der Waals surface area contributed by atoms with E-state index in [-0.39, 0.29) is 5.41 Å². The Balaban J connectivity index is 2.11. The number of aromatic nitrogens is 1. The van der Waals surface area contributed by atoms with E-state index in [0.29, 0.717) is 5.41 Å². The summed E-state index contributed by atoms with van der Waals surface area (Å²) in [5.41, 5.74) is 7.76. The van der Waals surface area contributed by atoms with Crippen molar-refractivity contribution in [3.8, 4) is 0 Å². The number of rotatable bonds is 3. The van der Waals surface area contributed by atoms with Gasteiger partial charge in [0.1, 0.15) is 0 Å². The first-order valence-corrected chi connectivity index (χ1v) is 7.88. The number of hydrogen-bond donors (Lipinski definition) is 1. The fourth-order valence-electron chi connectivity index (χ4n) is 2.97. The molecule has 2 nitrogen and oxygen atoms in total. The summed E-state index contributed by atoms with van der Waals surface area (Å²) in [6.45, 7) is 9.83. The van der Waals surface area contributed by atoms with Crippen LogP contribution in [0.3, 0.4) is 0 Å². The molecular weight excluding hydrogens is 240 g/mol. The Labute approximate surface area is 115 Å². The fourth-order valence-corrected chi connectivity index (χ4v) is 4.17. The number of nitrogens with zero attached hydrogens (tertiary/aromatic N) is 1. The standard InChI is InChI=1S/C15H26N2S/c1-11-5-6-15(7-11,10-16)8-13-17-12(9-18-13)14(2,3)4/h9,11H,5-8,10,16H2,1-4H3. The zero-order valence-corrected chi connectivity index (χ0v) is 12.9. The molecule has 1 fully saturated rings. The van der Waals surface area contributed by atoms with Crippen molar-refractivity contribution < 1.29 is 0 Å². The molecule has 0 spiro atoms. The minimum absolute atomic E-state index is 0.160. The van der Waals surface area contributed by atoms with Crippen LogP contribution in [0.1, 0.15) is 57.7 Å². The first kappa shape index (κ1) is 14.0. The van der Waals surface area contributed by atoms with Crippen molar-refractivity contribution in [1.29, 1.82) is 0 Å². The van der Waals surface area contributed by atoms with Gasteiger partial charge in [0.15, 0.2) is 0 Å². The highest BCUT2D eigenvalue weighted by molar-refractivity contribution is 7.09. The van der Waals surface area contributed by atoms with E-state index in [2.05, 4.69) is 33.1 Å². The molecule has 2 unspecified atom stereocenters. The minimum atomic E-state index is 0.160. The highest BCUT2D eigenvalue weighted by Gasteiger charge is 2.37. The Bertz CT molecular complexity index is 405. The summed E-state index contributed by atoms with van der Waals surface area (Å²) in [6, 6.07) is 0. The Morgan fingerprint density at radius 3 is 2.67 bits per heavy atom. The summed E-state index contributed by atoms with van der Waals surface area (Å²) in [5, 5.41) is 3.50. The zero-order chi connectivity index (χ0) is 13.4. The summed E-state index contributed by atoms with van der Waals surface area (Å²) in [7, 11) is 0. The first-order valence-electron chi connectivity index (χ1n) is 7.00. The molecule has 2 rings (SSSR count). The average molecular weight is 266 g/mol. The molecule has 2 atom stereocenters. The van der Waals surface area contributed by atoms with Crippen LogP contribution in [0.4, 0.5) is 0 Å². The van der Waals surface area contributed by atoms with Crippen LogP contribution in [0.25, 0.3) is 0 Å². The molecule has 3 heteroatoms. The van der Waals surface area contributed by atoms with E-state index in [1.54, 1.807) is 0 Å². The monoisotopic (exact) mass is 266 g/mol. The Morgan fingerprint density at radius 2 is 2.22 bits per heavy atom. The van der Waals surface area contributed by atoms with E-state index in [1.807, 2.05) is 11.3 Å². The SMILES string of the molecule is CC1CCC(CN)(Cc2nc(C(C)(C)C)cs2)C1. The Hall–Kier alpha value is -0.410. The molecule has 2 N–H and O–H groups in total. The molecule has 0 aliphatic heterocycles. The lowest BCUT2D eigenvalue weighted by molar-refractivity contribution is 0.295. The third kappa shape index (κ3) is 2.94. The fraction of sp³-hybridized carbons (Fsp3) is 0.800. The minimum Gasteiger partial charge on any atom is -0.330 e. The second-order valence-electron chi connectivity index (χ2n) is 7.11. The molecule has 102 valence electrons. The number of nitrogens with two attached hydrogens (primary N) is 1. The Morgan fingerprint density at radius 1 is 1.50 bits per heavy atom. The van der Waals surface area contributed by atoms with Crippen LogP contribution in [0, 0.1) is 11.3 Å². The molecule has 0 radical (unpaired) electrons. The molecule has 1 saturated carbocycles. The topological polar surface area (TPSA) is 38.9 Å². The number of thiazole rings is 1. The second-order valence-corrected chi connectivity index (χ2v) is 8.05. The second kappa shape index (κ2) is 4.93. The lowest BCUT2D eigenvalue weighted by atomic mass is 9.82. The molecule has 0 amide bonds. The van der Waals surface area contributed by atoms with Crippen molar-refractivity contribution >= 4 is 11.3 Å². The molecule has 18 heavy (non-hydrogen) atoms. The van der Waals surface area contributed by atoms with Gasteiger partial charge in [0.25, 0.3) is 0 Å². The van der Waals surface area contributed by atoms with Crippen molar-refractivity contribution in [3.05, 3.63) is 16.1 Å². The van der Waals surface area contributed by atoms with Gasteiger partial charge in [-0.1, -0.05) is 34.1 Å². The summed E-state index contributed by atoms with van der Waals surface area (Å²) in [5.74, 6) is 0.829. The van der Waals surface area contributed by atoms with Gasteiger partial charge in [0, 0.05) is 17.2 Å². The van der Waals surface area contributed by atoms with Gasteiger partial charge in [-0.05, 0) is 30.7 Å². The van der Waals surface area contributed by atoms with Crippen molar-refractivity contribution in [1.82, 2.24) is 4.98 Å². The third-order valence-corrected chi connectivity index (χ3v) is 5.08. The van der Waals surface area contributed by atoms with Gasteiger partial charge in [-0.25, -0.2) is 4.98 Å². The smallest absolute Gasteiger partial charge is 0.0934 e. The molecular formula is C15H26N2S. The van der Waals surface area contributed by atoms with Gasteiger partial charge in [0.2, 0.25) is 0 Å². The average Bonchev–Trinajstić information content (AvgIpc) is 2.86. The maximum absolute atomic E-state index is 6.05. The number of hydrogen-bond acceptors (Lipinski definition) is 3. The van der Waals surface area contributed by atoms with Gasteiger partial charge in [0.05, 0.1) is 10.7 Å². The Kier molecular flexibility index (Phi) is 3.84. The highest BCUT2D eigenvalue weighted by Crippen LogP contribution is 2.43. The van der Waals surface area contributed by atoms with Crippen molar-refractivity contribution in [3.63, 3.8) is 0 Å². The summed E-state index contributed by atoms with van der Waals surface area (Å²) in [4.78, 5) is 4.83. The highest BCUT2D eigenvalue weighted by atomic mass is 32.1. The third-order valence-electron chi connectivity index (χ3n) is 4.23. The van der Waals surface area contributed by atoms with Crippen LogP contribution >= 0.6 is 11.3 Å². The summed E-state index contributed by atoms with van der Waals surface area (Å²) >= 11 is 1.81. The van der Waals surface area contributed by atoms with Gasteiger partial charge in [-0.2, -0.15) is 0 Å². The van der Waals surface area contributed by atoms with E-state index in [0.717, 1.165) is 18.9 Å². The van der Waals surface area contributed by atoms with Crippen LogP contribution in [-0.4, -0.2) is 11.5 Å². The van der Waals surface area contributed by atoms with Gasteiger partial charge >= 0.3 is 0 Å². The van der Waals surface area contributed by atoms with Crippen LogP contribution in [0.2, 0.25) is 0 Å². The quantitative estimate of drug-likeness (QED) is 0.905. The largest absolute Gasteiger partial charge is 0.330 e. The van der Waals surface area contributed by atoms with Crippen molar-refractivity contribution in [2.24, 2.45) is 17.1 Å². The maximum Gasteiger partial charge on any atom is 0.0934 e. The normalized spacial score (nSPS) is 28.8. The van der Waals surface area contributed by atoms with Gasteiger partial charge in [-0.3, -0.25) is 0 Å². The van der Waals surface area contributed by atoms with E-state index >= 15 is 0 Å². The van der Waals surface area contributed by atoms with Crippen LogP contribution in [-0.2, 0) is 11.8 Å². The predicted octanol–water partition coefficient (Wildman–Crippen LogP) is 3.75. The molecule has 1 aliphatic carbocycles. The molecule has 1 aromatic heterocycles. The molecule has 1 aliphatic rings. The van der Waals surface area contributed by atoms with Gasteiger partial charge < -0.3 is 5.73 Å². The summed E-state index contributed by atoms with van der Waals surface area (Å²) in [6.07, 6.45) is 4.95. The van der Waals surface area contributed by atoms with Crippen molar-refractivity contribution in [2.75, 3.05) is 6.54 Å². The lowest BCUT2D eigenvalue weighted by Gasteiger charge is -2.26. The van der Waals surface area contributed by atoms with Crippen molar-refractivity contribution in [2.45, 2.75) is 58.8 Å². The van der Waals surface area contributed by atoms with E-state index in [9.17, 15) is 0 Å². The maximum atomic E-state index is 6.05. The van der Waals surface area contributed by atoms with E-state index in [4.69, 9.17) is 10.7 Å². The van der Waals surface area contributed by atoms with Crippen LogP contribution in [0.15, 0.2) is 5.38 Å². The molecule has 0 saturated heterocycles. The van der Waals surface area contributed by atoms with Crippen LogP contribution in [0.5, 0.6) is 0 Å². The first-order chi connectivity index (χ1) is 8.35. The van der Waals surface area contributed by atoms with E-state index < -0.39 is 0 Å². The molecule has 0 aromatic carbocycles. The van der Waals surface area contributed by atoms with Crippen LogP contribution < -0.4 is 5.73 Å². The molecule has 1 heterocycles. The lowest BCUT2D eigenvalue weighted by Crippen LogP contribution is -2.30. The van der Waals surface area contributed by atoms with Gasteiger partial charge in [-0.15, -0.1) is 11.3 Å². The summed E-state index contributed by atoms with van der Waals surface area (Å²) < 4.78 is 0. The zero-order valence-electron chi connectivity index (χ0n) is 12.1. The molecule has 0 bridgehead atoms. The van der Waals surface area contributed by atoms with E-state index in [1.165, 1.54) is 30.0 Å².